The summed E-state index contributed by atoms with van der Waals surface area (Å²) < 4.78 is 0. The maximum absolute atomic E-state index is 12.9. The topological polar surface area (TPSA) is 263 Å². The van der Waals surface area contributed by atoms with E-state index in [2.05, 4.69) is 16.0 Å². The van der Waals surface area contributed by atoms with Crippen molar-refractivity contribution >= 4 is 35.5 Å². The Balaban J connectivity index is 5.53. The fraction of sp³-hybridized carbons (Fsp3) is 0.714. The summed E-state index contributed by atoms with van der Waals surface area (Å²) in [6, 6.07) is -4.95. The first-order valence-corrected chi connectivity index (χ1v) is 11.4. The van der Waals surface area contributed by atoms with Crippen LogP contribution in [0.25, 0.3) is 0 Å². The summed E-state index contributed by atoms with van der Waals surface area (Å²) in [6.45, 7) is 4.14. The van der Waals surface area contributed by atoms with Gasteiger partial charge in [-0.1, -0.05) is 13.8 Å². The number of aliphatic carboxylic acids is 1. The second-order valence-corrected chi connectivity index (χ2v) is 8.72. The zero-order valence-corrected chi connectivity index (χ0v) is 20.2. The molecule has 35 heavy (non-hydrogen) atoms. The number of primary amides is 2. The van der Waals surface area contributed by atoms with Crippen molar-refractivity contribution in [1.82, 2.24) is 16.0 Å². The van der Waals surface area contributed by atoms with Crippen molar-refractivity contribution in [3.05, 3.63) is 0 Å². The van der Waals surface area contributed by atoms with Crippen molar-refractivity contribution < 1.29 is 33.9 Å². The van der Waals surface area contributed by atoms with Gasteiger partial charge < -0.3 is 44.0 Å². The van der Waals surface area contributed by atoms with Gasteiger partial charge in [-0.3, -0.25) is 24.0 Å². The average Bonchev–Trinajstić information content (AvgIpc) is 2.73. The monoisotopic (exact) mass is 501 g/mol. The lowest BCUT2D eigenvalue weighted by Gasteiger charge is -2.25. The summed E-state index contributed by atoms with van der Waals surface area (Å²) in [5.41, 5.74) is 21.6. The number of hydrogen-bond acceptors (Lipinski definition) is 8. The maximum Gasteiger partial charge on any atom is 0.326 e. The van der Waals surface area contributed by atoms with Crippen LogP contribution in [0.3, 0.4) is 0 Å². The Kier molecular flexibility index (Phi) is 14.9. The largest absolute Gasteiger partial charge is 0.480 e. The van der Waals surface area contributed by atoms with Crippen LogP contribution in [0.15, 0.2) is 0 Å². The molecule has 0 bridgehead atoms. The van der Waals surface area contributed by atoms with Crippen molar-refractivity contribution in [2.45, 2.75) is 83.0 Å². The van der Waals surface area contributed by atoms with Gasteiger partial charge >= 0.3 is 5.97 Å². The summed E-state index contributed by atoms with van der Waals surface area (Å²) >= 11 is 0. The first-order valence-electron chi connectivity index (χ1n) is 11.4. The van der Waals surface area contributed by atoms with E-state index in [1.807, 2.05) is 13.8 Å². The second-order valence-electron chi connectivity index (χ2n) is 8.72. The number of rotatable bonds is 18. The molecule has 4 atom stereocenters. The maximum atomic E-state index is 12.9. The Bertz CT molecular complexity index is 760. The summed E-state index contributed by atoms with van der Waals surface area (Å²) in [4.78, 5) is 72.0. The normalized spacial score (nSPS) is 14.3. The molecule has 0 aliphatic carbocycles. The van der Waals surface area contributed by atoms with Gasteiger partial charge in [0.05, 0.1) is 12.5 Å². The van der Waals surface area contributed by atoms with Gasteiger partial charge in [0, 0.05) is 6.42 Å². The Morgan fingerprint density at radius 1 is 0.771 bits per heavy atom. The van der Waals surface area contributed by atoms with Crippen LogP contribution in [0.1, 0.15) is 58.8 Å². The number of carbonyl (C=O) groups is 6. The Hall–Kier alpha value is -3.26. The van der Waals surface area contributed by atoms with E-state index in [1.165, 1.54) is 0 Å². The number of nitrogens with one attached hydrogen (secondary N) is 3. The molecule has 5 amide bonds. The summed E-state index contributed by atoms with van der Waals surface area (Å²) in [5, 5.41) is 16.4. The molecule has 0 aliphatic heterocycles. The highest BCUT2D eigenvalue weighted by molar-refractivity contribution is 5.96. The Morgan fingerprint density at radius 2 is 1.31 bits per heavy atom. The van der Waals surface area contributed by atoms with E-state index < -0.39 is 66.1 Å². The number of carboxylic acid groups (broad SMARTS) is 1. The predicted molar refractivity (Wildman–Crippen MR) is 126 cm³/mol. The third-order valence-electron chi connectivity index (χ3n) is 4.97. The van der Waals surface area contributed by atoms with Crippen molar-refractivity contribution in [3.63, 3.8) is 0 Å². The van der Waals surface area contributed by atoms with Gasteiger partial charge in [-0.15, -0.1) is 0 Å². The van der Waals surface area contributed by atoms with Gasteiger partial charge in [0.2, 0.25) is 29.5 Å². The molecule has 0 aromatic carbocycles. The van der Waals surface area contributed by atoms with Gasteiger partial charge in [0.15, 0.2) is 0 Å². The number of carboxylic acids is 1. The smallest absolute Gasteiger partial charge is 0.326 e. The molecule has 0 aliphatic rings. The van der Waals surface area contributed by atoms with Gasteiger partial charge in [-0.25, -0.2) is 4.79 Å². The molecule has 0 aromatic heterocycles. The van der Waals surface area contributed by atoms with E-state index in [9.17, 15) is 33.9 Å². The van der Waals surface area contributed by atoms with E-state index in [0.717, 1.165) is 0 Å². The van der Waals surface area contributed by atoms with Crippen LogP contribution >= 0.6 is 0 Å². The number of carbonyl (C=O) groups excluding carboxylic acids is 5. The van der Waals surface area contributed by atoms with E-state index >= 15 is 0 Å². The molecule has 0 heterocycles. The molecule has 200 valence electrons. The molecule has 14 nitrogen and oxygen atoms in total. The zero-order chi connectivity index (χ0) is 27.1. The molecular formula is C21H39N7O7. The van der Waals surface area contributed by atoms with Crippen LogP contribution in [0.4, 0.5) is 0 Å². The number of nitrogens with two attached hydrogens (primary N) is 4. The van der Waals surface area contributed by atoms with Gasteiger partial charge in [-0.2, -0.15) is 0 Å². The van der Waals surface area contributed by atoms with Crippen LogP contribution < -0.4 is 38.9 Å². The lowest BCUT2D eigenvalue weighted by atomic mass is 10.0. The summed E-state index contributed by atoms with van der Waals surface area (Å²) in [7, 11) is 0. The quantitative estimate of drug-likeness (QED) is 0.0898. The minimum Gasteiger partial charge on any atom is -0.480 e. The van der Waals surface area contributed by atoms with Gasteiger partial charge in [0.1, 0.15) is 18.1 Å². The Morgan fingerprint density at radius 3 is 1.80 bits per heavy atom. The summed E-state index contributed by atoms with van der Waals surface area (Å²) in [6.07, 6.45) is 0.394. The van der Waals surface area contributed by atoms with Crippen LogP contribution in [0.2, 0.25) is 0 Å². The lowest BCUT2D eigenvalue weighted by molar-refractivity contribution is -0.142. The molecule has 0 radical (unpaired) electrons. The molecule has 14 heteroatoms. The first kappa shape index (κ1) is 31.7. The highest BCUT2D eigenvalue weighted by Crippen LogP contribution is 2.07. The minimum absolute atomic E-state index is 0.139. The third-order valence-corrected chi connectivity index (χ3v) is 4.97. The van der Waals surface area contributed by atoms with E-state index in [4.69, 9.17) is 22.9 Å². The SMILES string of the molecule is CC(C)CC(N)C(=O)NC(CCCCN)C(=O)NC(CC(N)=O)C(=O)NC(CCC(N)=O)C(=O)O. The number of unbranched alkanes of at least 4 members (excludes halogenated alkanes) is 1. The number of hydrogen-bond donors (Lipinski definition) is 8. The van der Waals surface area contributed by atoms with E-state index in [1.54, 1.807) is 0 Å². The molecular weight excluding hydrogens is 462 g/mol. The van der Waals surface area contributed by atoms with Crippen molar-refractivity contribution in [3.8, 4) is 0 Å². The highest BCUT2D eigenvalue weighted by Gasteiger charge is 2.31. The Labute approximate surface area is 204 Å². The first-order chi connectivity index (χ1) is 16.3. The van der Waals surface area contributed by atoms with Gasteiger partial charge in [-0.05, 0) is 44.6 Å². The molecule has 0 saturated carbocycles. The lowest BCUT2D eigenvalue weighted by Crippen LogP contribution is -2.57. The molecule has 12 N–H and O–H groups in total. The van der Waals surface area contributed by atoms with Crippen molar-refractivity contribution in [1.29, 1.82) is 0 Å². The molecule has 0 saturated heterocycles. The van der Waals surface area contributed by atoms with Crippen LogP contribution in [-0.4, -0.2) is 71.3 Å². The zero-order valence-electron chi connectivity index (χ0n) is 20.2. The molecule has 4 unspecified atom stereocenters. The fourth-order valence-corrected chi connectivity index (χ4v) is 3.15. The predicted octanol–water partition coefficient (Wildman–Crippen LogP) is -2.83. The van der Waals surface area contributed by atoms with E-state index in [0.29, 0.717) is 25.8 Å². The van der Waals surface area contributed by atoms with Crippen molar-refractivity contribution in [2.24, 2.45) is 28.9 Å². The van der Waals surface area contributed by atoms with E-state index in [-0.39, 0.29) is 25.2 Å². The van der Waals surface area contributed by atoms with Crippen LogP contribution in [0.5, 0.6) is 0 Å². The number of amides is 5. The average molecular weight is 502 g/mol. The summed E-state index contributed by atoms with van der Waals surface area (Å²) in [5.74, 6) is -5.33. The van der Waals surface area contributed by atoms with Crippen molar-refractivity contribution in [2.75, 3.05) is 6.54 Å². The van der Waals surface area contributed by atoms with Crippen LogP contribution in [0, 0.1) is 5.92 Å². The third kappa shape index (κ3) is 13.9. The second kappa shape index (κ2) is 16.4. The standard InChI is InChI=1S/C21H39N7O7/c1-11(2)9-12(23)18(31)26-13(5-3-4-8-22)19(32)28-15(10-17(25)30)20(33)27-14(21(34)35)6-7-16(24)29/h11-15H,3-10,22-23H2,1-2H3,(H2,24,29)(H2,25,30)(H,26,31)(H,27,33)(H,28,32)(H,34,35). The molecule has 0 rings (SSSR count). The van der Waals surface area contributed by atoms with Gasteiger partial charge in [0.25, 0.3) is 0 Å². The molecule has 0 fully saturated rings. The van der Waals surface area contributed by atoms with Crippen LogP contribution in [-0.2, 0) is 28.8 Å². The fourth-order valence-electron chi connectivity index (χ4n) is 3.15. The molecule has 0 aromatic rings. The molecule has 0 spiro atoms. The minimum atomic E-state index is -1.52. The highest BCUT2D eigenvalue weighted by atomic mass is 16.4.